The summed E-state index contributed by atoms with van der Waals surface area (Å²) in [6, 6.07) is 12.7. The molecular formula is C25H33N3O2. The summed E-state index contributed by atoms with van der Waals surface area (Å²) in [6.07, 6.45) is 7.15. The van der Waals surface area contributed by atoms with E-state index in [-0.39, 0.29) is 11.3 Å². The van der Waals surface area contributed by atoms with Gasteiger partial charge in [-0.05, 0) is 73.5 Å². The monoisotopic (exact) mass is 407 g/mol. The maximum Gasteiger partial charge on any atom is 0.226 e. The third-order valence-corrected chi connectivity index (χ3v) is 6.81. The fraction of sp³-hybridized carbons (Fsp3) is 0.520. The van der Waals surface area contributed by atoms with E-state index in [4.69, 9.17) is 4.74 Å². The Morgan fingerprint density at radius 3 is 2.50 bits per heavy atom. The zero-order valence-corrected chi connectivity index (χ0v) is 18.0. The molecule has 5 heteroatoms. The van der Waals surface area contributed by atoms with Crippen LogP contribution in [0.5, 0.6) is 0 Å². The maximum atomic E-state index is 13.3. The summed E-state index contributed by atoms with van der Waals surface area (Å²) in [5, 5.41) is 3.31. The van der Waals surface area contributed by atoms with Gasteiger partial charge in [-0.1, -0.05) is 31.2 Å². The fourth-order valence-electron chi connectivity index (χ4n) is 4.79. The van der Waals surface area contributed by atoms with Crippen LogP contribution in [0.4, 0.5) is 0 Å². The minimum Gasteiger partial charge on any atom is -0.381 e. The summed E-state index contributed by atoms with van der Waals surface area (Å²) in [7, 11) is 0. The number of amides is 1. The van der Waals surface area contributed by atoms with Crippen molar-refractivity contribution in [1.29, 1.82) is 0 Å². The molecule has 2 aliphatic rings. The molecule has 0 bridgehead atoms. The maximum absolute atomic E-state index is 13.3. The predicted octanol–water partition coefficient (Wildman–Crippen LogP) is 3.55. The first-order valence-corrected chi connectivity index (χ1v) is 11.3. The normalized spacial score (nSPS) is 21.4. The Morgan fingerprint density at radius 2 is 1.83 bits per heavy atom. The van der Waals surface area contributed by atoms with E-state index >= 15 is 0 Å². The topological polar surface area (TPSA) is 54.5 Å². The second-order valence-electron chi connectivity index (χ2n) is 8.76. The summed E-state index contributed by atoms with van der Waals surface area (Å²) in [5.74, 6) is 0.782. The molecule has 2 fully saturated rings. The van der Waals surface area contributed by atoms with E-state index in [9.17, 15) is 4.79 Å². The smallest absolute Gasteiger partial charge is 0.226 e. The van der Waals surface area contributed by atoms with Gasteiger partial charge in [-0.25, -0.2) is 0 Å². The second-order valence-corrected chi connectivity index (χ2v) is 8.76. The van der Waals surface area contributed by atoms with Crippen LogP contribution in [0, 0.1) is 11.3 Å². The van der Waals surface area contributed by atoms with Crippen molar-refractivity contribution in [3.63, 3.8) is 0 Å². The van der Waals surface area contributed by atoms with Crippen molar-refractivity contribution in [2.45, 2.75) is 32.6 Å². The Hall–Kier alpha value is -2.24. The van der Waals surface area contributed by atoms with Crippen LogP contribution in [0.3, 0.4) is 0 Å². The van der Waals surface area contributed by atoms with Gasteiger partial charge >= 0.3 is 0 Å². The van der Waals surface area contributed by atoms with Crippen molar-refractivity contribution in [1.82, 2.24) is 15.2 Å². The lowest BCUT2D eigenvalue weighted by atomic mass is 9.74. The third kappa shape index (κ3) is 4.90. The number of nitrogens with one attached hydrogen (secondary N) is 1. The van der Waals surface area contributed by atoms with Crippen LogP contribution < -0.4 is 5.32 Å². The van der Waals surface area contributed by atoms with E-state index in [2.05, 4.69) is 46.4 Å². The van der Waals surface area contributed by atoms with Gasteiger partial charge in [0.2, 0.25) is 5.91 Å². The molecule has 0 unspecified atom stereocenters. The quantitative estimate of drug-likeness (QED) is 0.763. The van der Waals surface area contributed by atoms with Gasteiger partial charge in [-0.2, -0.15) is 0 Å². The number of hydrogen-bond acceptors (Lipinski definition) is 4. The minimum atomic E-state index is -0.362. The molecule has 5 nitrogen and oxygen atoms in total. The molecule has 30 heavy (non-hydrogen) atoms. The van der Waals surface area contributed by atoms with Crippen LogP contribution >= 0.6 is 0 Å². The van der Waals surface area contributed by atoms with Crippen molar-refractivity contribution in [2.24, 2.45) is 11.3 Å². The first-order chi connectivity index (χ1) is 14.7. The number of carbonyl (C=O) groups excluding carboxylic acids is 1. The van der Waals surface area contributed by atoms with Gasteiger partial charge in [0, 0.05) is 38.7 Å². The van der Waals surface area contributed by atoms with Gasteiger partial charge in [0.1, 0.15) is 0 Å². The molecule has 0 radical (unpaired) electrons. The lowest BCUT2D eigenvalue weighted by molar-refractivity contribution is -0.136. The van der Waals surface area contributed by atoms with E-state index in [0.29, 0.717) is 19.1 Å². The highest BCUT2D eigenvalue weighted by atomic mass is 16.5. The Balaban J connectivity index is 1.42. The summed E-state index contributed by atoms with van der Waals surface area (Å²) < 4.78 is 5.60. The van der Waals surface area contributed by atoms with E-state index in [1.54, 1.807) is 0 Å². The molecule has 4 rings (SSSR count). The van der Waals surface area contributed by atoms with Gasteiger partial charge in [0.25, 0.3) is 0 Å². The van der Waals surface area contributed by atoms with Crippen LogP contribution in [0.1, 0.15) is 31.7 Å². The van der Waals surface area contributed by atoms with Crippen molar-refractivity contribution >= 4 is 5.91 Å². The first kappa shape index (κ1) is 21.0. The standard InChI is InChI=1S/C25H33N3O2/c1-2-28-14-9-21(19-28)18-27-24(29)25(10-15-30-16-11-25)17-20-3-5-22(6-4-20)23-7-12-26-13-8-23/h3-8,12-13,21H,2,9-11,14-19H2,1H3,(H,27,29)/t21-/m0/s1. The van der Waals surface area contributed by atoms with Crippen LogP contribution in [0.25, 0.3) is 11.1 Å². The zero-order chi connectivity index (χ0) is 20.8. The van der Waals surface area contributed by atoms with Crippen molar-refractivity contribution < 1.29 is 9.53 Å². The average molecular weight is 408 g/mol. The Labute approximate surface area is 179 Å². The van der Waals surface area contributed by atoms with Crippen LogP contribution in [0.2, 0.25) is 0 Å². The molecule has 0 saturated carbocycles. The molecule has 0 spiro atoms. The van der Waals surface area contributed by atoms with Crippen molar-refractivity contribution in [2.75, 3.05) is 39.4 Å². The van der Waals surface area contributed by atoms with Crippen molar-refractivity contribution in [3.8, 4) is 11.1 Å². The van der Waals surface area contributed by atoms with Gasteiger partial charge in [-0.15, -0.1) is 0 Å². The number of pyridine rings is 1. The fourth-order valence-corrected chi connectivity index (χ4v) is 4.79. The summed E-state index contributed by atoms with van der Waals surface area (Å²) in [4.78, 5) is 19.9. The highest BCUT2D eigenvalue weighted by molar-refractivity contribution is 5.83. The van der Waals surface area contributed by atoms with E-state index in [0.717, 1.165) is 51.0 Å². The van der Waals surface area contributed by atoms with Gasteiger partial charge < -0.3 is 15.0 Å². The van der Waals surface area contributed by atoms with Crippen LogP contribution in [-0.4, -0.2) is 55.2 Å². The molecule has 2 aromatic rings. The number of carbonyl (C=O) groups is 1. The number of benzene rings is 1. The molecule has 1 atom stereocenters. The molecule has 0 aliphatic carbocycles. The molecule has 3 heterocycles. The van der Waals surface area contributed by atoms with Gasteiger partial charge in [0.15, 0.2) is 0 Å². The zero-order valence-electron chi connectivity index (χ0n) is 18.0. The number of hydrogen-bond donors (Lipinski definition) is 1. The number of nitrogens with zero attached hydrogens (tertiary/aromatic N) is 2. The van der Waals surface area contributed by atoms with E-state index in [1.165, 1.54) is 17.5 Å². The molecule has 2 aliphatic heterocycles. The molecule has 1 amide bonds. The molecule has 1 N–H and O–H groups in total. The minimum absolute atomic E-state index is 0.207. The highest BCUT2D eigenvalue weighted by Crippen LogP contribution is 2.35. The lowest BCUT2D eigenvalue weighted by Crippen LogP contribution is -2.47. The van der Waals surface area contributed by atoms with E-state index in [1.807, 2.05) is 24.5 Å². The van der Waals surface area contributed by atoms with Crippen LogP contribution in [-0.2, 0) is 16.0 Å². The van der Waals surface area contributed by atoms with Crippen molar-refractivity contribution in [3.05, 3.63) is 54.4 Å². The third-order valence-electron chi connectivity index (χ3n) is 6.81. The van der Waals surface area contributed by atoms with Crippen LogP contribution in [0.15, 0.2) is 48.8 Å². The largest absolute Gasteiger partial charge is 0.381 e. The SMILES string of the molecule is CCN1CC[C@@H](CNC(=O)C2(Cc3ccc(-c4ccncc4)cc3)CCOCC2)C1. The molecular weight excluding hydrogens is 374 g/mol. The second kappa shape index (κ2) is 9.71. The Bertz CT molecular complexity index is 816. The molecule has 2 saturated heterocycles. The van der Waals surface area contributed by atoms with E-state index < -0.39 is 0 Å². The summed E-state index contributed by atoms with van der Waals surface area (Å²) in [6.45, 7) is 7.67. The Morgan fingerprint density at radius 1 is 1.13 bits per heavy atom. The molecule has 160 valence electrons. The summed E-state index contributed by atoms with van der Waals surface area (Å²) in [5.41, 5.74) is 3.18. The summed E-state index contributed by atoms with van der Waals surface area (Å²) >= 11 is 0. The van der Waals surface area contributed by atoms with Gasteiger partial charge in [-0.3, -0.25) is 9.78 Å². The number of aromatic nitrogens is 1. The Kier molecular flexibility index (Phi) is 6.80. The highest BCUT2D eigenvalue weighted by Gasteiger charge is 2.40. The molecule has 1 aromatic carbocycles. The first-order valence-electron chi connectivity index (χ1n) is 11.3. The average Bonchev–Trinajstić information content (AvgIpc) is 3.27. The van der Waals surface area contributed by atoms with Gasteiger partial charge in [0.05, 0.1) is 5.41 Å². The number of ether oxygens (including phenoxy) is 1. The predicted molar refractivity (Wildman–Crippen MR) is 119 cm³/mol. The molecule has 1 aromatic heterocycles. The lowest BCUT2D eigenvalue weighted by Gasteiger charge is -2.36. The number of likely N-dealkylation sites (tertiary alicyclic amines) is 1. The number of rotatable bonds is 7.